The third-order valence-corrected chi connectivity index (χ3v) is 1.41. The summed E-state index contributed by atoms with van der Waals surface area (Å²) in [5, 5.41) is 24.4. The Labute approximate surface area is 72.8 Å². The lowest BCUT2D eigenvalue weighted by atomic mass is 10.3. The molecule has 1 heterocycles. The van der Waals surface area contributed by atoms with Crippen molar-refractivity contribution in [2.75, 3.05) is 13.2 Å². The summed E-state index contributed by atoms with van der Waals surface area (Å²) in [6.45, 7) is 3.75. The van der Waals surface area contributed by atoms with Gasteiger partial charge in [-0.15, -0.1) is 0 Å². The maximum Gasteiger partial charge on any atom is 0.275 e. The molecule has 1 aliphatic heterocycles. The van der Waals surface area contributed by atoms with Crippen molar-refractivity contribution in [2.45, 2.75) is 38.6 Å². The molecule has 4 heteroatoms. The average molecular weight is 178 g/mol. The summed E-state index contributed by atoms with van der Waals surface area (Å²) in [4.78, 5) is 0. The quantitative estimate of drug-likeness (QED) is 0.529. The SMILES string of the molecule is C1CCOC1.CCCC(O)(O)O. The molecule has 0 aromatic rings. The molecular weight excluding hydrogens is 160 g/mol. The molecule has 0 unspecified atom stereocenters. The Morgan fingerprint density at radius 3 is 1.75 bits per heavy atom. The van der Waals surface area contributed by atoms with Gasteiger partial charge in [-0.25, -0.2) is 0 Å². The molecule has 0 saturated carbocycles. The Morgan fingerprint density at radius 1 is 1.17 bits per heavy atom. The monoisotopic (exact) mass is 178 g/mol. The van der Waals surface area contributed by atoms with Crippen LogP contribution in [0.4, 0.5) is 0 Å². The minimum Gasteiger partial charge on any atom is -0.381 e. The molecule has 1 aliphatic rings. The van der Waals surface area contributed by atoms with Crippen LogP contribution < -0.4 is 0 Å². The first-order valence-corrected chi connectivity index (χ1v) is 4.31. The van der Waals surface area contributed by atoms with E-state index in [-0.39, 0.29) is 6.42 Å². The molecular formula is C8H18O4. The molecule has 12 heavy (non-hydrogen) atoms. The van der Waals surface area contributed by atoms with Crippen LogP contribution in [0.5, 0.6) is 0 Å². The van der Waals surface area contributed by atoms with Crippen LogP contribution in [-0.2, 0) is 4.74 Å². The molecule has 0 spiro atoms. The van der Waals surface area contributed by atoms with Gasteiger partial charge in [0.1, 0.15) is 0 Å². The minimum atomic E-state index is -2.45. The Bertz CT molecular complexity index is 86.1. The first-order chi connectivity index (χ1) is 5.56. The zero-order valence-corrected chi connectivity index (χ0v) is 7.49. The van der Waals surface area contributed by atoms with Crippen LogP contribution in [0.1, 0.15) is 32.6 Å². The summed E-state index contributed by atoms with van der Waals surface area (Å²) < 4.78 is 4.94. The summed E-state index contributed by atoms with van der Waals surface area (Å²) >= 11 is 0. The van der Waals surface area contributed by atoms with Crippen molar-refractivity contribution in [2.24, 2.45) is 0 Å². The normalized spacial score (nSPS) is 17.0. The summed E-state index contributed by atoms with van der Waals surface area (Å²) in [5.41, 5.74) is 0. The van der Waals surface area contributed by atoms with Crippen LogP contribution in [0.25, 0.3) is 0 Å². The lowest BCUT2D eigenvalue weighted by Gasteiger charge is -2.10. The molecule has 1 saturated heterocycles. The van der Waals surface area contributed by atoms with Crippen molar-refractivity contribution in [1.82, 2.24) is 0 Å². The Hall–Kier alpha value is -0.160. The van der Waals surface area contributed by atoms with Gasteiger partial charge in [0, 0.05) is 19.6 Å². The van der Waals surface area contributed by atoms with Gasteiger partial charge in [-0.05, 0) is 19.3 Å². The highest BCUT2D eigenvalue weighted by atomic mass is 16.7. The average Bonchev–Trinajstić information content (AvgIpc) is 2.38. The van der Waals surface area contributed by atoms with Crippen LogP contribution in [0, 0.1) is 0 Å². The molecule has 3 N–H and O–H groups in total. The second-order valence-corrected chi connectivity index (χ2v) is 2.84. The summed E-state index contributed by atoms with van der Waals surface area (Å²) in [6.07, 6.45) is 3.12. The Balaban J connectivity index is 0.000000211. The fraction of sp³-hybridized carbons (Fsp3) is 1.00. The van der Waals surface area contributed by atoms with Gasteiger partial charge in [-0.3, -0.25) is 0 Å². The van der Waals surface area contributed by atoms with Gasteiger partial charge in [0.25, 0.3) is 5.97 Å². The molecule has 0 radical (unpaired) electrons. The zero-order valence-electron chi connectivity index (χ0n) is 7.49. The highest BCUT2D eigenvalue weighted by molar-refractivity contribution is 4.43. The van der Waals surface area contributed by atoms with Crippen LogP contribution in [0.15, 0.2) is 0 Å². The highest BCUT2D eigenvalue weighted by Crippen LogP contribution is 2.01. The summed E-state index contributed by atoms with van der Waals surface area (Å²) in [5.74, 6) is -2.45. The van der Waals surface area contributed by atoms with Crippen LogP contribution >= 0.6 is 0 Å². The molecule has 0 aromatic heterocycles. The molecule has 1 rings (SSSR count). The van der Waals surface area contributed by atoms with E-state index in [0.717, 1.165) is 13.2 Å². The largest absolute Gasteiger partial charge is 0.381 e. The summed E-state index contributed by atoms with van der Waals surface area (Å²) in [7, 11) is 0. The molecule has 0 amide bonds. The van der Waals surface area contributed by atoms with E-state index in [1.807, 2.05) is 0 Å². The first kappa shape index (κ1) is 11.8. The fourth-order valence-electron chi connectivity index (χ4n) is 0.846. The number of aliphatic hydroxyl groups is 3. The van der Waals surface area contributed by atoms with Gasteiger partial charge in [0.15, 0.2) is 0 Å². The number of ether oxygens (including phenoxy) is 1. The minimum absolute atomic E-state index is 0.00694. The van der Waals surface area contributed by atoms with Gasteiger partial charge in [-0.1, -0.05) is 6.92 Å². The van der Waals surface area contributed by atoms with Crippen molar-refractivity contribution in [1.29, 1.82) is 0 Å². The van der Waals surface area contributed by atoms with Crippen molar-refractivity contribution >= 4 is 0 Å². The summed E-state index contributed by atoms with van der Waals surface area (Å²) in [6, 6.07) is 0. The molecule has 0 aromatic carbocycles. The first-order valence-electron chi connectivity index (χ1n) is 4.31. The van der Waals surface area contributed by atoms with Crippen LogP contribution in [-0.4, -0.2) is 34.5 Å². The van der Waals surface area contributed by atoms with Gasteiger partial charge in [0.05, 0.1) is 0 Å². The number of rotatable bonds is 2. The second-order valence-electron chi connectivity index (χ2n) is 2.84. The van der Waals surface area contributed by atoms with Crippen molar-refractivity contribution < 1.29 is 20.1 Å². The van der Waals surface area contributed by atoms with Crippen LogP contribution in [0.2, 0.25) is 0 Å². The van der Waals surface area contributed by atoms with Gasteiger partial charge in [-0.2, -0.15) is 0 Å². The van der Waals surface area contributed by atoms with Gasteiger partial charge < -0.3 is 20.1 Å². The zero-order chi connectivity index (χ0) is 9.45. The van der Waals surface area contributed by atoms with Crippen molar-refractivity contribution in [3.05, 3.63) is 0 Å². The van der Waals surface area contributed by atoms with Gasteiger partial charge in [0.2, 0.25) is 0 Å². The van der Waals surface area contributed by atoms with E-state index in [1.165, 1.54) is 12.8 Å². The fourth-order valence-corrected chi connectivity index (χ4v) is 0.846. The van der Waals surface area contributed by atoms with Crippen molar-refractivity contribution in [3.63, 3.8) is 0 Å². The molecule has 0 atom stereocenters. The van der Waals surface area contributed by atoms with E-state index < -0.39 is 5.97 Å². The molecule has 4 nitrogen and oxygen atoms in total. The maximum atomic E-state index is 8.13. The molecule has 0 bridgehead atoms. The number of hydrogen-bond acceptors (Lipinski definition) is 4. The topological polar surface area (TPSA) is 69.9 Å². The third kappa shape index (κ3) is 9.84. The second kappa shape index (κ2) is 6.37. The highest BCUT2D eigenvalue weighted by Gasteiger charge is 2.14. The maximum absolute atomic E-state index is 8.13. The Kier molecular flexibility index (Phi) is 6.28. The van der Waals surface area contributed by atoms with Gasteiger partial charge >= 0.3 is 0 Å². The smallest absolute Gasteiger partial charge is 0.275 e. The van der Waals surface area contributed by atoms with E-state index in [2.05, 4.69) is 0 Å². The third-order valence-electron chi connectivity index (χ3n) is 1.41. The molecule has 1 fully saturated rings. The molecule has 0 aliphatic carbocycles. The predicted molar refractivity (Wildman–Crippen MR) is 44.3 cm³/mol. The van der Waals surface area contributed by atoms with E-state index in [4.69, 9.17) is 20.1 Å². The van der Waals surface area contributed by atoms with Crippen molar-refractivity contribution in [3.8, 4) is 0 Å². The van der Waals surface area contributed by atoms with Crippen LogP contribution in [0.3, 0.4) is 0 Å². The van der Waals surface area contributed by atoms with E-state index in [9.17, 15) is 0 Å². The molecule has 74 valence electrons. The van der Waals surface area contributed by atoms with E-state index in [1.54, 1.807) is 6.92 Å². The Morgan fingerprint density at radius 2 is 1.67 bits per heavy atom. The standard InChI is InChI=1S/C4H10O3.C4H8O/c1-2-3-4(5,6)7;1-2-4-5-3-1/h5-7H,2-3H2,1H3;1-4H2. The van der Waals surface area contributed by atoms with E-state index in [0.29, 0.717) is 6.42 Å². The predicted octanol–water partition coefficient (Wildman–Crippen LogP) is 0.214. The lowest BCUT2D eigenvalue weighted by Crippen LogP contribution is -2.26. The van der Waals surface area contributed by atoms with E-state index >= 15 is 0 Å². The lowest BCUT2D eigenvalue weighted by molar-refractivity contribution is -0.314. The number of hydrogen-bond donors (Lipinski definition) is 3.